The van der Waals surface area contributed by atoms with Gasteiger partial charge in [-0.25, -0.2) is 0 Å². The first-order chi connectivity index (χ1) is 8.23. The van der Waals surface area contributed by atoms with Crippen LogP contribution in [-0.2, 0) is 4.74 Å². The highest BCUT2D eigenvalue weighted by Gasteiger charge is 2.11. The summed E-state index contributed by atoms with van der Waals surface area (Å²) in [4.78, 5) is 11.9. The molecule has 1 heterocycles. The first-order valence-corrected chi connectivity index (χ1v) is 5.03. The normalized spacial score (nSPS) is 12.0. The van der Waals surface area contributed by atoms with Crippen molar-refractivity contribution in [1.82, 2.24) is 15.0 Å². The topological polar surface area (TPSA) is 104 Å². The molecule has 0 spiro atoms. The molecular weight excluding hydrogens is 226 g/mol. The highest BCUT2D eigenvalue weighted by molar-refractivity contribution is 5.29. The Morgan fingerprint density at radius 3 is 2.12 bits per heavy atom. The molecule has 0 aliphatic heterocycles. The molecule has 1 unspecified atom stereocenters. The number of hydrogen-bond acceptors (Lipinski definition) is 8. The van der Waals surface area contributed by atoms with E-state index in [2.05, 4.69) is 20.3 Å². The van der Waals surface area contributed by atoms with Gasteiger partial charge in [0, 0.05) is 13.7 Å². The molecule has 1 rings (SSSR count). The van der Waals surface area contributed by atoms with Crippen molar-refractivity contribution in [1.29, 1.82) is 0 Å². The molecule has 96 valence electrons. The van der Waals surface area contributed by atoms with Crippen LogP contribution in [0.2, 0.25) is 0 Å². The molecule has 0 aromatic carbocycles. The van der Waals surface area contributed by atoms with Crippen molar-refractivity contribution < 1.29 is 14.2 Å². The lowest BCUT2D eigenvalue weighted by atomic mass is 10.3. The molecule has 8 nitrogen and oxygen atoms in total. The van der Waals surface area contributed by atoms with Crippen molar-refractivity contribution in [3.8, 4) is 12.0 Å². The van der Waals surface area contributed by atoms with Gasteiger partial charge in [-0.3, -0.25) is 0 Å². The van der Waals surface area contributed by atoms with Crippen molar-refractivity contribution in [3.63, 3.8) is 0 Å². The van der Waals surface area contributed by atoms with Crippen molar-refractivity contribution in [3.05, 3.63) is 0 Å². The van der Waals surface area contributed by atoms with Crippen LogP contribution < -0.4 is 20.5 Å². The smallest absolute Gasteiger partial charge is 0.324 e. The summed E-state index contributed by atoms with van der Waals surface area (Å²) in [6.45, 7) is 0.844. The predicted molar refractivity (Wildman–Crippen MR) is 61.3 cm³/mol. The molecule has 1 aromatic rings. The van der Waals surface area contributed by atoms with Crippen LogP contribution in [0.25, 0.3) is 0 Å². The largest absolute Gasteiger partial charge is 0.467 e. The van der Waals surface area contributed by atoms with E-state index in [4.69, 9.17) is 19.9 Å². The number of hydrogen-bond donors (Lipinski definition) is 2. The van der Waals surface area contributed by atoms with Crippen LogP contribution in [0, 0.1) is 0 Å². The van der Waals surface area contributed by atoms with Crippen LogP contribution >= 0.6 is 0 Å². The van der Waals surface area contributed by atoms with Gasteiger partial charge < -0.3 is 25.3 Å². The lowest BCUT2D eigenvalue weighted by Gasteiger charge is -2.15. The minimum Gasteiger partial charge on any atom is -0.467 e. The Labute approximate surface area is 99.5 Å². The fourth-order valence-corrected chi connectivity index (χ4v) is 1.14. The summed E-state index contributed by atoms with van der Waals surface area (Å²) in [6, 6.07) is 0.261. The number of anilines is 1. The van der Waals surface area contributed by atoms with E-state index in [1.807, 2.05) is 0 Å². The first-order valence-electron chi connectivity index (χ1n) is 5.03. The molecule has 0 aliphatic rings. The molecule has 3 N–H and O–H groups in total. The van der Waals surface area contributed by atoms with Gasteiger partial charge in [0.15, 0.2) is 0 Å². The Balaban J connectivity index is 2.81. The van der Waals surface area contributed by atoms with E-state index in [1.165, 1.54) is 14.2 Å². The molecule has 8 heteroatoms. The SMILES string of the molecule is COCC(CN)Nc1nc(OC)nc(OC)n1. The maximum Gasteiger partial charge on any atom is 0.324 e. The Morgan fingerprint density at radius 1 is 1.12 bits per heavy atom. The van der Waals surface area contributed by atoms with E-state index in [0.717, 1.165) is 0 Å². The Kier molecular flexibility index (Phi) is 5.37. The second-order valence-corrected chi connectivity index (χ2v) is 3.16. The first kappa shape index (κ1) is 13.4. The fraction of sp³-hybridized carbons (Fsp3) is 0.667. The van der Waals surface area contributed by atoms with Crippen LogP contribution in [0.3, 0.4) is 0 Å². The van der Waals surface area contributed by atoms with E-state index in [-0.39, 0.29) is 18.1 Å². The number of rotatable bonds is 7. The van der Waals surface area contributed by atoms with Gasteiger partial charge in [-0.2, -0.15) is 9.97 Å². The van der Waals surface area contributed by atoms with Gasteiger partial charge in [0.25, 0.3) is 0 Å². The Bertz CT molecular complexity index is 327. The lowest BCUT2D eigenvalue weighted by Crippen LogP contribution is -2.33. The zero-order chi connectivity index (χ0) is 12.7. The molecular formula is C9H17N5O3. The van der Waals surface area contributed by atoms with E-state index in [9.17, 15) is 0 Å². The molecule has 0 aliphatic carbocycles. The summed E-state index contributed by atoms with van der Waals surface area (Å²) >= 11 is 0. The minimum atomic E-state index is -0.0863. The number of nitrogens with one attached hydrogen (secondary N) is 1. The fourth-order valence-electron chi connectivity index (χ4n) is 1.14. The number of ether oxygens (including phenoxy) is 3. The predicted octanol–water partition coefficient (Wildman–Crippen LogP) is -0.726. The van der Waals surface area contributed by atoms with Crippen LogP contribution in [-0.4, -0.2) is 55.5 Å². The summed E-state index contributed by atoms with van der Waals surface area (Å²) < 4.78 is 14.9. The molecule has 0 saturated heterocycles. The van der Waals surface area contributed by atoms with E-state index in [0.29, 0.717) is 19.1 Å². The molecule has 0 radical (unpaired) electrons. The molecule has 1 atom stereocenters. The van der Waals surface area contributed by atoms with Crippen LogP contribution in [0.4, 0.5) is 5.95 Å². The third-order valence-corrected chi connectivity index (χ3v) is 1.95. The van der Waals surface area contributed by atoms with Gasteiger partial charge >= 0.3 is 12.0 Å². The molecule has 0 saturated carbocycles. The molecule has 17 heavy (non-hydrogen) atoms. The third kappa shape index (κ3) is 4.00. The summed E-state index contributed by atoms with van der Waals surface area (Å²) in [5.74, 6) is 0.334. The number of nitrogens with two attached hydrogens (primary N) is 1. The van der Waals surface area contributed by atoms with Gasteiger partial charge in [0.1, 0.15) is 0 Å². The number of aromatic nitrogens is 3. The van der Waals surface area contributed by atoms with E-state index in [1.54, 1.807) is 7.11 Å². The molecule has 0 fully saturated rings. The van der Waals surface area contributed by atoms with Gasteiger partial charge in [-0.1, -0.05) is 0 Å². The monoisotopic (exact) mass is 243 g/mol. The maximum atomic E-state index is 5.57. The molecule has 0 bridgehead atoms. The third-order valence-electron chi connectivity index (χ3n) is 1.95. The highest BCUT2D eigenvalue weighted by atomic mass is 16.5. The second kappa shape index (κ2) is 6.81. The minimum absolute atomic E-state index is 0.0863. The standard InChI is InChI=1S/C9H17N5O3/c1-15-5-6(4-10)11-7-12-8(16-2)14-9(13-7)17-3/h6H,4-5,10H2,1-3H3,(H,11,12,13,14). The lowest BCUT2D eigenvalue weighted by molar-refractivity contribution is 0.187. The maximum absolute atomic E-state index is 5.57. The average Bonchev–Trinajstić information content (AvgIpc) is 2.37. The number of methoxy groups -OCH3 is 3. The van der Waals surface area contributed by atoms with Crippen LogP contribution in [0.5, 0.6) is 12.0 Å². The van der Waals surface area contributed by atoms with Gasteiger partial charge in [-0.05, 0) is 0 Å². The van der Waals surface area contributed by atoms with Crippen molar-refractivity contribution in [2.24, 2.45) is 5.73 Å². The number of nitrogens with zero attached hydrogens (tertiary/aromatic N) is 3. The van der Waals surface area contributed by atoms with Gasteiger partial charge in [0.2, 0.25) is 5.95 Å². The molecule has 1 aromatic heterocycles. The zero-order valence-corrected chi connectivity index (χ0v) is 10.1. The van der Waals surface area contributed by atoms with Gasteiger partial charge in [-0.15, -0.1) is 4.98 Å². The zero-order valence-electron chi connectivity index (χ0n) is 10.1. The molecule has 0 amide bonds. The van der Waals surface area contributed by atoms with Crippen molar-refractivity contribution >= 4 is 5.95 Å². The van der Waals surface area contributed by atoms with Crippen molar-refractivity contribution in [2.45, 2.75) is 6.04 Å². The Morgan fingerprint density at radius 2 is 1.71 bits per heavy atom. The summed E-state index contributed by atoms with van der Waals surface area (Å²) in [5.41, 5.74) is 5.57. The second-order valence-electron chi connectivity index (χ2n) is 3.16. The van der Waals surface area contributed by atoms with Crippen LogP contribution in [0.1, 0.15) is 0 Å². The summed E-state index contributed by atoms with van der Waals surface area (Å²) in [6.07, 6.45) is 0. The quantitative estimate of drug-likeness (QED) is 0.646. The van der Waals surface area contributed by atoms with Crippen molar-refractivity contribution in [2.75, 3.05) is 39.8 Å². The summed E-state index contributed by atoms with van der Waals surface area (Å²) in [7, 11) is 4.53. The Hall–Kier alpha value is -1.67. The van der Waals surface area contributed by atoms with Crippen LogP contribution in [0.15, 0.2) is 0 Å². The highest BCUT2D eigenvalue weighted by Crippen LogP contribution is 2.12. The summed E-state index contributed by atoms with van der Waals surface area (Å²) in [5, 5.41) is 3.01. The average molecular weight is 243 g/mol. The van der Waals surface area contributed by atoms with E-state index < -0.39 is 0 Å². The van der Waals surface area contributed by atoms with Gasteiger partial charge in [0.05, 0.1) is 26.9 Å². The van der Waals surface area contributed by atoms with E-state index >= 15 is 0 Å².